The van der Waals surface area contributed by atoms with Crippen LogP contribution in [0.5, 0.6) is 0 Å². The van der Waals surface area contributed by atoms with Crippen molar-refractivity contribution in [1.29, 1.82) is 0 Å². The van der Waals surface area contributed by atoms with Gasteiger partial charge in [0.2, 0.25) is 0 Å². The molecule has 0 aliphatic carbocycles. The van der Waals surface area contributed by atoms with Crippen LogP contribution in [0.2, 0.25) is 0 Å². The number of hydrogen-bond donors (Lipinski definition) is 2. The lowest BCUT2D eigenvalue weighted by atomic mass is 10.0. The van der Waals surface area contributed by atoms with Gasteiger partial charge in [0.05, 0.1) is 0 Å². The maximum Gasteiger partial charge on any atom is 0.142 e. The van der Waals surface area contributed by atoms with Gasteiger partial charge in [0, 0.05) is 24.8 Å². The third-order valence-electron chi connectivity index (χ3n) is 3.06. The first-order valence-corrected chi connectivity index (χ1v) is 4.80. The lowest BCUT2D eigenvalue weighted by Gasteiger charge is -2.26. The summed E-state index contributed by atoms with van der Waals surface area (Å²) in [6.45, 7) is 2.64. The summed E-state index contributed by atoms with van der Waals surface area (Å²) >= 11 is 0. The summed E-state index contributed by atoms with van der Waals surface area (Å²) < 4.78 is 0. The Hall–Kier alpha value is -1.06. The number of aliphatic hydroxyl groups is 1. The second-order valence-corrected chi connectivity index (χ2v) is 4.00. The molecule has 3 heteroatoms. The molecule has 1 aliphatic heterocycles. The maximum absolute atomic E-state index is 10.2. The highest BCUT2D eigenvalue weighted by molar-refractivity contribution is 5.51. The summed E-state index contributed by atoms with van der Waals surface area (Å²) in [7, 11) is 3.81. The SMILES string of the molecule is CNc1ccc2c(c1)C(C)(O)N(C)C2. The second kappa shape index (κ2) is 2.97. The van der Waals surface area contributed by atoms with Gasteiger partial charge in [-0.3, -0.25) is 4.90 Å². The molecule has 1 heterocycles. The Kier molecular flexibility index (Phi) is 2.01. The molecule has 1 aliphatic rings. The van der Waals surface area contributed by atoms with Gasteiger partial charge in [-0.15, -0.1) is 0 Å². The molecule has 0 aromatic heterocycles. The number of anilines is 1. The summed E-state index contributed by atoms with van der Waals surface area (Å²) in [5.74, 6) is 0. The summed E-state index contributed by atoms with van der Waals surface area (Å²) in [6.07, 6.45) is 0. The summed E-state index contributed by atoms with van der Waals surface area (Å²) in [5, 5.41) is 13.3. The van der Waals surface area contributed by atoms with Crippen molar-refractivity contribution in [3.05, 3.63) is 29.3 Å². The molecule has 0 saturated heterocycles. The van der Waals surface area contributed by atoms with Crippen molar-refractivity contribution in [2.45, 2.75) is 19.2 Å². The Balaban J connectivity index is 2.51. The molecule has 1 aromatic carbocycles. The Labute approximate surface area is 84.4 Å². The molecule has 14 heavy (non-hydrogen) atoms. The van der Waals surface area contributed by atoms with E-state index >= 15 is 0 Å². The molecular weight excluding hydrogens is 176 g/mol. The van der Waals surface area contributed by atoms with Crippen molar-refractivity contribution in [2.24, 2.45) is 0 Å². The lowest BCUT2D eigenvalue weighted by Crippen LogP contribution is -2.34. The first-order valence-electron chi connectivity index (χ1n) is 4.80. The molecule has 76 valence electrons. The van der Waals surface area contributed by atoms with Crippen LogP contribution in [0.1, 0.15) is 18.1 Å². The first kappa shape index (κ1) is 9.49. The maximum atomic E-state index is 10.2. The van der Waals surface area contributed by atoms with Crippen molar-refractivity contribution in [3.8, 4) is 0 Å². The van der Waals surface area contributed by atoms with E-state index < -0.39 is 5.72 Å². The standard InChI is InChI=1S/C11H16N2O/c1-11(14)10-6-9(12-2)5-4-8(10)7-13(11)3/h4-6,12,14H,7H2,1-3H3. The average Bonchev–Trinajstić information content (AvgIpc) is 2.38. The van der Waals surface area contributed by atoms with Crippen molar-refractivity contribution in [2.75, 3.05) is 19.4 Å². The minimum absolute atomic E-state index is 0.812. The molecule has 2 rings (SSSR count). The fourth-order valence-corrected chi connectivity index (χ4v) is 1.93. The number of benzene rings is 1. The van der Waals surface area contributed by atoms with Crippen molar-refractivity contribution in [1.82, 2.24) is 4.90 Å². The quantitative estimate of drug-likeness (QED) is 0.705. The molecule has 0 fully saturated rings. The molecule has 3 nitrogen and oxygen atoms in total. The van der Waals surface area contributed by atoms with Gasteiger partial charge in [-0.25, -0.2) is 0 Å². The highest BCUT2D eigenvalue weighted by Gasteiger charge is 2.36. The molecule has 1 atom stereocenters. The monoisotopic (exact) mass is 192 g/mol. The third kappa shape index (κ3) is 1.21. The summed E-state index contributed by atoms with van der Waals surface area (Å²) in [6, 6.07) is 6.12. The van der Waals surface area contributed by atoms with Gasteiger partial charge in [0.25, 0.3) is 0 Å². The van der Waals surface area contributed by atoms with Crippen molar-refractivity contribution >= 4 is 5.69 Å². The highest BCUT2D eigenvalue weighted by atomic mass is 16.3. The second-order valence-electron chi connectivity index (χ2n) is 4.00. The number of fused-ring (bicyclic) bond motifs is 1. The molecular formula is C11H16N2O. The van der Waals surface area contributed by atoms with Crippen LogP contribution in [0.4, 0.5) is 5.69 Å². The lowest BCUT2D eigenvalue weighted by molar-refractivity contribution is -0.0748. The van der Waals surface area contributed by atoms with Crippen LogP contribution >= 0.6 is 0 Å². The number of rotatable bonds is 1. The van der Waals surface area contributed by atoms with E-state index in [-0.39, 0.29) is 0 Å². The van der Waals surface area contributed by atoms with Crippen molar-refractivity contribution in [3.63, 3.8) is 0 Å². The Bertz CT molecular complexity index is 360. The predicted molar refractivity (Wildman–Crippen MR) is 57.0 cm³/mol. The molecule has 1 unspecified atom stereocenters. The van der Waals surface area contributed by atoms with Crippen LogP contribution in [0.15, 0.2) is 18.2 Å². The van der Waals surface area contributed by atoms with Crippen LogP contribution in [0.3, 0.4) is 0 Å². The van der Waals surface area contributed by atoms with E-state index in [1.165, 1.54) is 5.56 Å². The van der Waals surface area contributed by atoms with Crippen molar-refractivity contribution < 1.29 is 5.11 Å². The van der Waals surface area contributed by atoms with Gasteiger partial charge in [-0.05, 0) is 31.7 Å². The van der Waals surface area contributed by atoms with E-state index in [0.29, 0.717) is 0 Å². The predicted octanol–water partition coefficient (Wildman–Crippen LogP) is 1.34. The molecule has 2 N–H and O–H groups in total. The zero-order valence-corrected chi connectivity index (χ0v) is 8.83. The van der Waals surface area contributed by atoms with Gasteiger partial charge >= 0.3 is 0 Å². The first-order chi connectivity index (χ1) is 6.55. The molecule has 0 radical (unpaired) electrons. The Morgan fingerprint density at radius 1 is 1.50 bits per heavy atom. The zero-order chi connectivity index (χ0) is 10.3. The molecule has 0 bridgehead atoms. The van der Waals surface area contributed by atoms with Gasteiger partial charge in [-0.1, -0.05) is 6.07 Å². The average molecular weight is 192 g/mol. The van der Waals surface area contributed by atoms with Gasteiger partial charge in [0.15, 0.2) is 0 Å². The van der Waals surface area contributed by atoms with Crippen LogP contribution < -0.4 is 5.32 Å². The molecule has 0 spiro atoms. The van der Waals surface area contributed by atoms with Crippen LogP contribution in [-0.2, 0) is 12.3 Å². The van der Waals surface area contributed by atoms with E-state index in [9.17, 15) is 5.11 Å². The Morgan fingerprint density at radius 3 is 2.86 bits per heavy atom. The Morgan fingerprint density at radius 2 is 2.21 bits per heavy atom. The number of hydrogen-bond acceptors (Lipinski definition) is 3. The fourth-order valence-electron chi connectivity index (χ4n) is 1.93. The van der Waals surface area contributed by atoms with E-state index in [1.54, 1.807) is 0 Å². The summed E-state index contributed by atoms with van der Waals surface area (Å²) in [4.78, 5) is 1.94. The zero-order valence-electron chi connectivity index (χ0n) is 8.83. The van der Waals surface area contributed by atoms with Crippen LogP contribution in [-0.4, -0.2) is 24.1 Å². The topological polar surface area (TPSA) is 35.5 Å². The number of nitrogens with one attached hydrogen (secondary N) is 1. The normalized spacial score (nSPS) is 26.3. The third-order valence-corrected chi connectivity index (χ3v) is 3.06. The molecule has 0 saturated carbocycles. The van der Waals surface area contributed by atoms with Gasteiger partial charge in [-0.2, -0.15) is 0 Å². The minimum atomic E-state index is -0.831. The highest BCUT2D eigenvalue weighted by Crippen LogP contribution is 2.36. The van der Waals surface area contributed by atoms with Crippen LogP contribution in [0.25, 0.3) is 0 Å². The molecule has 0 amide bonds. The van der Waals surface area contributed by atoms with E-state index in [0.717, 1.165) is 17.8 Å². The molecule has 1 aromatic rings. The largest absolute Gasteiger partial charge is 0.388 e. The minimum Gasteiger partial charge on any atom is -0.388 e. The summed E-state index contributed by atoms with van der Waals surface area (Å²) in [5.41, 5.74) is 2.42. The smallest absolute Gasteiger partial charge is 0.142 e. The fraction of sp³-hybridized carbons (Fsp3) is 0.455. The number of nitrogens with zero attached hydrogens (tertiary/aromatic N) is 1. The van der Waals surface area contributed by atoms with Gasteiger partial charge < -0.3 is 10.4 Å². The van der Waals surface area contributed by atoms with E-state index in [1.807, 2.05) is 38.1 Å². The van der Waals surface area contributed by atoms with Crippen LogP contribution in [0, 0.1) is 0 Å². The van der Waals surface area contributed by atoms with E-state index in [2.05, 4.69) is 11.4 Å². The van der Waals surface area contributed by atoms with Gasteiger partial charge in [0.1, 0.15) is 5.72 Å². The van der Waals surface area contributed by atoms with E-state index in [4.69, 9.17) is 0 Å².